The van der Waals surface area contributed by atoms with Crippen LogP contribution in [0.1, 0.15) is 0 Å². The van der Waals surface area contributed by atoms with E-state index in [9.17, 15) is 35.5 Å². The normalized spacial score (nSPS) is 10.7. The minimum absolute atomic E-state index is 0. The molecule has 0 bridgehead atoms. The van der Waals surface area contributed by atoms with Crippen molar-refractivity contribution in [2.45, 2.75) is 9.79 Å². The van der Waals surface area contributed by atoms with Crippen molar-refractivity contribution in [1.29, 1.82) is 0 Å². The Kier molecular flexibility index (Phi) is 11.7. The van der Waals surface area contributed by atoms with Gasteiger partial charge in [0.2, 0.25) is 11.8 Å². The first-order chi connectivity index (χ1) is 13.9. The summed E-state index contributed by atoms with van der Waals surface area (Å²) in [7, 11) is -10.3. The molecule has 0 aliphatic heterocycles. The molecule has 2 aromatic rings. The van der Waals surface area contributed by atoms with Crippen LogP contribution < -0.4 is 69.7 Å². The number of carbonyl (C=O) groups excluding carboxylic acids is 2. The third-order valence-corrected chi connectivity index (χ3v) is 5.45. The second-order valence-corrected chi connectivity index (χ2v) is 8.41. The predicted octanol–water partition coefficient (Wildman–Crippen LogP) is -4.58. The third-order valence-electron chi connectivity index (χ3n) is 3.70. The van der Waals surface area contributed by atoms with E-state index in [0.29, 0.717) is 0 Å². The summed E-state index contributed by atoms with van der Waals surface area (Å²) in [6.45, 7) is 6.47. The molecule has 2 rings (SSSR count). The van der Waals surface area contributed by atoms with Crippen LogP contribution in [0.2, 0.25) is 0 Å². The van der Waals surface area contributed by atoms with Crippen molar-refractivity contribution in [2.75, 3.05) is 10.6 Å². The molecule has 2 aromatic carbocycles. The summed E-state index contributed by atoms with van der Waals surface area (Å²) in [5.74, 6) is -1.36. The number of carbonyl (C=O) groups is 2. The first-order valence-corrected chi connectivity index (χ1v) is 10.8. The number of hydrogen-bond donors (Lipinski definition) is 2. The summed E-state index contributed by atoms with van der Waals surface area (Å²) in [6, 6.07) is 6.20. The molecular weight excluding hydrogens is 482 g/mol. The largest absolute Gasteiger partial charge is 1.00 e. The van der Waals surface area contributed by atoms with Crippen LogP contribution >= 0.6 is 0 Å². The smallest absolute Gasteiger partial charge is 0.744 e. The Balaban J connectivity index is 0.00000480. The number of anilines is 2. The van der Waals surface area contributed by atoms with Gasteiger partial charge < -0.3 is 19.7 Å². The van der Waals surface area contributed by atoms with Crippen LogP contribution in [-0.4, -0.2) is 37.8 Å². The molecular formula is C18H14N2Na2O8S2. The van der Waals surface area contributed by atoms with E-state index in [1.807, 2.05) is 0 Å². The molecule has 0 fully saturated rings. The predicted molar refractivity (Wildman–Crippen MR) is 105 cm³/mol. The van der Waals surface area contributed by atoms with E-state index in [0.717, 1.165) is 36.4 Å². The fourth-order valence-corrected chi connectivity index (χ4v) is 3.88. The van der Waals surface area contributed by atoms with Crippen LogP contribution in [0.3, 0.4) is 0 Å². The minimum atomic E-state index is -5.15. The van der Waals surface area contributed by atoms with Gasteiger partial charge in [0.25, 0.3) is 0 Å². The van der Waals surface area contributed by atoms with Gasteiger partial charge in [0.1, 0.15) is 20.2 Å². The van der Waals surface area contributed by atoms with Crippen LogP contribution in [0.4, 0.5) is 11.4 Å². The second-order valence-electron chi connectivity index (χ2n) is 5.72. The van der Waals surface area contributed by atoms with Crippen molar-refractivity contribution in [1.82, 2.24) is 0 Å². The molecule has 0 saturated carbocycles. The molecule has 0 saturated heterocycles. The third kappa shape index (κ3) is 7.92. The van der Waals surface area contributed by atoms with E-state index in [2.05, 4.69) is 23.8 Å². The Morgan fingerprint density at radius 1 is 0.719 bits per heavy atom. The van der Waals surface area contributed by atoms with Crippen LogP contribution in [0.25, 0.3) is 11.1 Å². The number of hydrogen-bond acceptors (Lipinski definition) is 8. The average Bonchev–Trinajstić information content (AvgIpc) is 2.66. The molecule has 10 nitrogen and oxygen atoms in total. The van der Waals surface area contributed by atoms with Gasteiger partial charge in [-0.1, -0.05) is 25.3 Å². The SMILES string of the molecule is C=CC(=O)Nc1ccc(-c2ccc(NC(=O)C=C)cc2S(=O)(=O)[O-])c(S(=O)(=O)[O-])c1.[Na+].[Na+]. The Hall–Kier alpha value is -1.32. The van der Waals surface area contributed by atoms with E-state index < -0.39 is 41.8 Å². The summed E-state index contributed by atoms with van der Waals surface area (Å²) in [5, 5.41) is 4.54. The van der Waals surface area contributed by atoms with E-state index in [1.165, 1.54) is 12.1 Å². The molecule has 2 N–H and O–H groups in total. The summed E-state index contributed by atoms with van der Waals surface area (Å²) >= 11 is 0. The van der Waals surface area contributed by atoms with Crippen LogP contribution in [-0.2, 0) is 29.8 Å². The van der Waals surface area contributed by atoms with Crippen molar-refractivity contribution < 1.29 is 94.6 Å². The first kappa shape index (κ1) is 30.7. The van der Waals surface area contributed by atoms with Gasteiger partial charge in [-0.2, -0.15) is 0 Å². The molecule has 0 atom stereocenters. The van der Waals surface area contributed by atoms with Gasteiger partial charge in [0.15, 0.2) is 0 Å². The topological polar surface area (TPSA) is 173 Å². The fraction of sp³-hybridized carbons (Fsp3) is 0. The van der Waals surface area contributed by atoms with E-state index in [-0.39, 0.29) is 81.6 Å². The standard InChI is InChI=1S/C18H16N2O8S2.2Na/c1-3-17(21)19-11-5-7-13(15(9-11)29(23,24)25)14-8-6-12(20-18(22)4-2)10-16(14)30(26,27)28;;/h3-10H,1-2H2,(H,19,21)(H,20,22)(H,23,24,25)(H,26,27,28);;/q;2*+1/p-2. The Labute approximate surface area is 229 Å². The van der Waals surface area contributed by atoms with Gasteiger partial charge in [-0.15, -0.1) is 0 Å². The maximum absolute atomic E-state index is 11.8. The summed E-state index contributed by atoms with van der Waals surface area (Å²) in [5.41, 5.74) is -0.894. The molecule has 0 aliphatic rings. The van der Waals surface area contributed by atoms with Gasteiger partial charge in [0, 0.05) is 22.5 Å². The number of benzene rings is 2. The quantitative estimate of drug-likeness (QED) is 0.219. The molecule has 0 spiro atoms. The molecule has 158 valence electrons. The van der Waals surface area contributed by atoms with Gasteiger partial charge in [-0.25, -0.2) is 16.8 Å². The molecule has 14 heteroatoms. The van der Waals surface area contributed by atoms with Gasteiger partial charge >= 0.3 is 59.1 Å². The molecule has 2 amide bonds. The van der Waals surface area contributed by atoms with E-state index >= 15 is 0 Å². The number of nitrogens with one attached hydrogen (secondary N) is 2. The Morgan fingerprint density at radius 3 is 1.28 bits per heavy atom. The minimum Gasteiger partial charge on any atom is -0.744 e. The Morgan fingerprint density at radius 2 is 1.03 bits per heavy atom. The first-order valence-electron chi connectivity index (χ1n) is 7.94. The van der Waals surface area contributed by atoms with Crippen molar-refractivity contribution in [3.8, 4) is 11.1 Å². The van der Waals surface area contributed by atoms with Gasteiger partial charge in [-0.3, -0.25) is 9.59 Å². The van der Waals surface area contributed by atoms with Gasteiger partial charge in [-0.05, 0) is 36.4 Å². The number of rotatable bonds is 7. The van der Waals surface area contributed by atoms with Crippen molar-refractivity contribution in [3.05, 3.63) is 61.7 Å². The fourth-order valence-electron chi connectivity index (χ4n) is 2.45. The van der Waals surface area contributed by atoms with Crippen LogP contribution in [0.5, 0.6) is 0 Å². The second kappa shape index (κ2) is 12.2. The maximum Gasteiger partial charge on any atom is 1.00 e. The molecule has 0 heterocycles. The molecule has 0 unspecified atom stereocenters. The average molecular weight is 496 g/mol. The van der Waals surface area contributed by atoms with Crippen LogP contribution in [0, 0.1) is 0 Å². The van der Waals surface area contributed by atoms with E-state index in [4.69, 9.17) is 0 Å². The van der Waals surface area contributed by atoms with Gasteiger partial charge in [0.05, 0.1) is 9.79 Å². The van der Waals surface area contributed by atoms with Crippen molar-refractivity contribution in [3.63, 3.8) is 0 Å². The summed E-state index contributed by atoms with van der Waals surface area (Å²) < 4.78 is 70.6. The van der Waals surface area contributed by atoms with Crippen LogP contribution in [0.15, 0.2) is 71.5 Å². The number of amides is 2. The zero-order chi connectivity index (χ0) is 22.7. The summed E-state index contributed by atoms with van der Waals surface area (Å²) in [6.07, 6.45) is 1.83. The van der Waals surface area contributed by atoms with Crippen molar-refractivity contribution in [2.24, 2.45) is 0 Å². The molecule has 32 heavy (non-hydrogen) atoms. The molecule has 0 aliphatic carbocycles. The molecule has 0 radical (unpaired) electrons. The monoisotopic (exact) mass is 496 g/mol. The summed E-state index contributed by atoms with van der Waals surface area (Å²) in [4.78, 5) is 21.1. The molecule has 0 aromatic heterocycles. The zero-order valence-corrected chi connectivity index (χ0v) is 22.7. The zero-order valence-electron chi connectivity index (χ0n) is 17.1. The van der Waals surface area contributed by atoms with Crippen molar-refractivity contribution >= 4 is 43.4 Å². The Bertz CT molecular complexity index is 1180. The maximum atomic E-state index is 11.8. The van der Waals surface area contributed by atoms with E-state index in [1.54, 1.807) is 0 Å².